The molecule has 0 aliphatic carbocycles. The molecule has 0 heterocycles. The Morgan fingerprint density at radius 3 is 2.24 bits per heavy atom. The summed E-state index contributed by atoms with van der Waals surface area (Å²) in [6.07, 6.45) is -4.63. The van der Waals surface area contributed by atoms with Crippen molar-refractivity contribution < 1.29 is 31.3 Å². The number of para-hydroxylation sites is 2. The molecule has 0 saturated carbocycles. The van der Waals surface area contributed by atoms with E-state index >= 15 is 0 Å². The molecule has 8 nitrogen and oxygen atoms in total. The number of carbonyl (C=O) groups excluding carboxylic acids is 1. The number of carbonyl (C=O) groups is 1. The lowest BCUT2D eigenvalue weighted by Gasteiger charge is -2.24. The summed E-state index contributed by atoms with van der Waals surface area (Å²) in [5.74, 6) is -0.944. The van der Waals surface area contributed by atoms with Crippen molar-refractivity contribution in [1.29, 1.82) is 0 Å². The number of hydrogen-bond acceptors (Lipinski definition) is 5. The van der Waals surface area contributed by atoms with Gasteiger partial charge in [0.05, 0.1) is 16.2 Å². The van der Waals surface area contributed by atoms with Crippen molar-refractivity contribution in [2.24, 2.45) is 0 Å². The highest BCUT2D eigenvalue weighted by molar-refractivity contribution is 7.93. The van der Waals surface area contributed by atoms with E-state index in [2.05, 4.69) is 5.32 Å². The van der Waals surface area contributed by atoms with Crippen molar-refractivity contribution in [3.8, 4) is 0 Å². The molecule has 172 valence electrons. The van der Waals surface area contributed by atoms with Crippen LogP contribution in [-0.2, 0) is 21.0 Å². The molecule has 3 aromatic carbocycles. The second-order valence-electron chi connectivity index (χ2n) is 6.70. The fourth-order valence-corrected chi connectivity index (χ4v) is 4.54. The molecule has 0 spiro atoms. The van der Waals surface area contributed by atoms with Crippen molar-refractivity contribution in [2.45, 2.75) is 11.1 Å². The molecule has 0 bridgehead atoms. The number of nitro benzene ring substituents is 1. The van der Waals surface area contributed by atoms with Crippen LogP contribution in [0.25, 0.3) is 0 Å². The van der Waals surface area contributed by atoms with Crippen LogP contribution in [0, 0.1) is 10.1 Å². The van der Waals surface area contributed by atoms with E-state index in [4.69, 9.17) is 0 Å². The number of anilines is 2. The summed E-state index contributed by atoms with van der Waals surface area (Å²) in [6, 6.07) is 15.9. The summed E-state index contributed by atoms with van der Waals surface area (Å²) in [7, 11) is -4.60. The van der Waals surface area contributed by atoms with Crippen LogP contribution >= 0.6 is 0 Å². The predicted molar refractivity (Wildman–Crippen MR) is 114 cm³/mol. The number of sulfonamides is 1. The van der Waals surface area contributed by atoms with Gasteiger partial charge in [-0.1, -0.05) is 36.4 Å². The van der Waals surface area contributed by atoms with Crippen LogP contribution in [0.2, 0.25) is 0 Å². The van der Waals surface area contributed by atoms with Crippen LogP contribution in [0.5, 0.6) is 0 Å². The van der Waals surface area contributed by atoms with Gasteiger partial charge in [0.25, 0.3) is 15.7 Å². The molecule has 0 aromatic heterocycles. The molecule has 0 saturated heterocycles. The van der Waals surface area contributed by atoms with Gasteiger partial charge in [-0.15, -0.1) is 0 Å². The molecular weight excluding hydrogens is 463 g/mol. The normalized spacial score (nSPS) is 11.6. The maximum atomic E-state index is 13.3. The molecule has 0 atom stereocenters. The largest absolute Gasteiger partial charge is 0.416 e. The molecule has 12 heteroatoms. The average Bonchev–Trinajstić information content (AvgIpc) is 2.77. The van der Waals surface area contributed by atoms with Crippen LogP contribution in [0.15, 0.2) is 83.8 Å². The van der Waals surface area contributed by atoms with Gasteiger partial charge in [0.1, 0.15) is 6.54 Å². The predicted octanol–water partition coefficient (Wildman–Crippen LogP) is 4.45. The van der Waals surface area contributed by atoms with E-state index in [1.165, 1.54) is 42.5 Å². The number of alkyl halides is 3. The molecule has 1 N–H and O–H groups in total. The Bertz CT molecular complexity index is 1280. The number of nitrogens with zero attached hydrogens (tertiary/aromatic N) is 2. The van der Waals surface area contributed by atoms with Gasteiger partial charge in [-0.05, 0) is 36.4 Å². The molecule has 0 radical (unpaired) electrons. The van der Waals surface area contributed by atoms with Crippen molar-refractivity contribution in [2.75, 3.05) is 16.2 Å². The Kier molecular flexibility index (Phi) is 6.68. The fourth-order valence-electron chi connectivity index (χ4n) is 2.96. The number of benzene rings is 3. The average molecular weight is 479 g/mol. The van der Waals surface area contributed by atoms with E-state index in [0.717, 1.165) is 24.3 Å². The highest BCUT2D eigenvalue weighted by Crippen LogP contribution is 2.31. The minimum atomic E-state index is -4.63. The first-order valence-corrected chi connectivity index (χ1v) is 10.7. The number of halogens is 3. The topological polar surface area (TPSA) is 110 Å². The SMILES string of the molecule is O=C(CN(c1ccccc1)S(=O)(=O)c1ccccc1[N+](=O)[O-])Nc1cccc(C(F)(F)F)c1. The van der Waals surface area contributed by atoms with E-state index in [-0.39, 0.29) is 11.4 Å². The minimum Gasteiger partial charge on any atom is -0.325 e. The molecule has 3 rings (SSSR count). The first-order valence-electron chi connectivity index (χ1n) is 9.28. The van der Waals surface area contributed by atoms with Gasteiger partial charge in [-0.3, -0.25) is 19.2 Å². The Morgan fingerprint density at radius 1 is 0.970 bits per heavy atom. The summed E-state index contributed by atoms with van der Waals surface area (Å²) < 4.78 is 66.1. The van der Waals surface area contributed by atoms with Gasteiger partial charge in [-0.25, -0.2) is 8.42 Å². The standard InChI is InChI=1S/C21H16F3N3O5S/c22-21(23,24)15-7-6-8-16(13-15)25-20(28)14-26(17-9-2-1-3-10-17)33(31,32)19-12-5-4-11-18(19)27(29)30/h1-13H,14H2,(H,25,28). The van der Waals surface area contributed by atoms with Crippen LogP contribution in [-0.4, -0.2) is 25.8 Å². The fraction of sp³-hybridized carbons (Fsp3) is 0.0952. The summed E-state index contributed by atoms with van der Waals surface area (Å²) >= 11 is 0. The van der Waals surface area contributed by atoms with E-state index in [1.807, 2.05) is 0 Å². The molecule has 0 aliphatic heterocycles. The molecular formula is C21H16F3N3O5S. The van der Waals surface area contributed by atoms with Crippen LogP contribution in [0.4, 0.5) is 30.2 Å². The lowest BCUT2D eigenvalue weighted by Crippen LogP contribution is -2.38. The summed E-state index contributed by atoms with van der Waals surface area (Å²) in [6.45, 7) is -0.839. The first-order chi connectivity index (χ1) is 15.5. The first kappa shape index (κ1) is 23.7. The van der Waals surface area contributed by atoms with Crippen LogP contribution in [0.1, 0.15) is 5.56 Å². The lowest BCUT2D eigenvalue weighted by atomic mass is 10.2. The summed E-state index contributed by atoms with van der Waals surface area (Å²) in [4.78, 5) is 22.5. The number of amides is 1. The number of rotatable bonds is 7. The molecule has 0 unspecified atom stereocenters. The quantitative estimate of drug-likeness (QED) is 0.398. The zero-order valence-electron chi connectivity index (χ0n) is 16.7. The Balaban J connectivity index is 1.97. The van der Waals surface area contributed by atoms with E-state index in [0.29, 0.717) is 10.4 Å². The highest BCUT2D eigenvalue weighted by atomic mass is 32.2. The van der Waals surface area contributed by atoms with Crippen molar-refractivity contribution >= 4 is 33.0 Å². The van der Waals surface area contributed by atoms with Crippen LogP contribution in [0.3, 0.4) is 0 Å². The summed E-state index contributed by atoms with van der Waals surface area (Å²) in [5.41, 5.74) is -1.83. The highest BCUT2D eigenvalue weighted by Gasteiger charge is 2.33. The van der Waals surface area contributed by atoms with Crippen LogP contribution < -0.4 is 9.62 Å². The molecule has 33 heavy (non-hydrogen) atoms. The van der Waals surface area contributed by atoms with Crippen molar-refractivity contribution in [3.05, 3.63) is 94.5 Å². The third-order valence-corrected chi connectivity index (χ3v) is 6.26. The lowest BCUT2D eigenvalue weighted by molar-refractivity contribution is -0.387. The van der Waals surface area contributed by atoms with Gasteiger partial charge in [0, 0.05) is 11.8 Å². The maximum Gasteiger partial charge on any atom is 0.416 e. The second kappa shape index (κ2) is 9.28. The van der Waals surface area contributed by atoms with Gasteiger partial charge >= 0.3 is 6.18 Å². The zero-order valence-corrected chi connectivity index (χ0v) is 17.5. The number of nitro groups is 1. The second-order valence-corrected chi connectivity index (χ2v) is 8.53. The van der Waals surface area contributed by atoms with Gasteiger partial charge in [-0.2, -0.15) is 13.2 Å². The third kappa shape index (κ3) is 5.47. The monoisotopic (exact) mass is 479 g/mol. The smallest absolute Gasteiger partial charge is 0.325 e. The molecule has 3 aromatic rings. The van der Waals surface area contributed by atoms with E-state index < -0.39 is 49.7 Å². The Hall–Kier alpha value is -3.93. The number of nitrogens with one attached hydrogen (secondary N) is 1. The molecule has 1 amide bonds. The van der Waals surface area contributed by atoms with Gasteiger partial charge in [0.2, 0.25) is 5.91 Å². The summed E-state index contributed by atoms with van der Waals surface area (Å²) in [5, 5.41) is 13.6. The van der Waals surface area contributed by atoms with E-state index in [9.17, 15) is 36.5 Å². The molecule has 0 fully saturated rings. The number of hydrogen-bond donors (Lipinski definition) is 1. The third-order valence-electron chi connectivity index (χ3n) is 4.44. The van der Waals surface area contributed by atoms with Crippen molar-refractivity contribution in [1.82, 2.24) is 0 Å². The molecule has 0 aliphatic rings. The van der Waals surface area contributed by atoms with Crippen molar-refractivity contribution in [3.63, 3.8) is 0 Å². The minimum absolute atomic E-state index is 0.0369. The maximum absolute atomic E-state index is 13.3. The van der Waals surface area contributed by atoms with Gasteiger partial charge < -0.3 is 5.32 Å². The van der Waals surface area contributed by atoms with Gasteiger partial charge in [0.15, 0.2) is 4.90 Å². The Morgan fingerprint density at radius 2 is 1.61 bits per heavy atom. The zero-order chi connectivity index (χ0) is 24.2. The van der Waals surface area contributed by atoms with E-state index in [1.54, 1.807) is 6.07 Å². The Labute approximate surface area is 186 Å².